The fourth-order valence-electron chi connectivity index (χ4n) is 22.7. The summed E-state index contributed by atoms with van der Waals surface area (Å²) in [5.74, 6) is 0. The quantitative estimate of drug-likeness (QED) is 0.113. The molecule has 0 fully saturated rings. The van der Waals surface area contributed by atoms with Crippen LogP contribution >= 0.6 is 56.7 Å². The summed E-state index contributed by atoms with van der Waals surface area (Å²) >= 11 is 9.47. The first-order valence-electron chi connectivity index (χ1n) is 45.4. The topological polar surface area (TPSA) is 19.4 Å². The molecule has 4 aliphatic heterocycles. The van der Waals surface area contributed by atoms with E-state index in [1.807, 2.05) is 56.7 Å². The van der Waals surface area contributed by atoms with E-state index in [2.05, 4.69) is 466 Å². The van der Waals surface area contributed by atoms with Gasteiger partial charge < -0.3 is 29.4 Å². The van der Waals surface area contributed by atoms with Crippen LogP contribution in [0.3, 0.4) is 0 Å². The second kappa shape index (κ2) is 29.5. The first-order chi connectivity index (χ1) is 66.0. The lowest BCUT2D eigenvalue weighted by molar-refractivity contribution is 1.22. The summed E-state index contributed by atoms with van der Waals surface area (Å²) in [6.07, 6.45) is 0. The minimum Gasteiger partial charge on any atom is -0.310 e. The Hall–Kier alpha value is -15.6. The Morgan fingerprint density at radius 3 is 0.842 bits per heavy atom. The molecule has 0 saturated heterocycles. The Bertz CT molecular complexity index is 9140. The Morgan fingerprint density at radius 1 is 0.180 bits per heavy atom. The summed E-state index contributed by atoms with van der Waals surface area (Å²) in [6, 6.07) is 166. The molecule has 0 amide bonds. The molecule has 6 nitrogen and oxygen atoms in total. The van der Waals surface area contributed by atoms with Gasteiger partial charge >= 0.3 is 0 Å². The van der Waals surface area contributed by atoms with Gasteiger partial charge in [0.25, 0.3) is 13.4 Å². The van der Waals surface area contributed by atoms with Crippen LogP contribution in [0.2, 0.25) is 0 Å². The minimum absolute atomic E-state index is 0.311. The van der Waals surface area contributed by atoms with Gasteiger partial charge in [-0.3, -0.25) is 0 Å². The van der Waals surface area contributed by atoms with Crippen LogP contribution in [0.5, 0.6) is 0 Å². The molecule has 20 aromatic carbocycles. The van der Waals surface area contributed by atoms with Crippen molar-refractivity contribution in [3.63, 3.8) is 0 Å². The zero-order valence-corrected chi connectivity index (χ0v) is 75.5. The zero-order valence-electron chi connectivity index (χ0n) is 71.4. The molecule has 0 saturated carbocycles. The minimum atomic E-state index is -0.326. The number of fused-ring (bicyclic) bond motifs is 23. The molecule has 0 aliphatic carbocycles. The number of nitrogens with zero attached hydrogens (tertiary/aromatic N) is 6. The number of anilines is 18. The SMILES string of the molecule is c1ccc(-c2cccc(-c3ccccc3)c2N(c2ccccc2)c2cc3c4c(c2)N(c2cccc5c2sc2ccccc25)c2cc5c(cc2B4c2ccccc2N3c2cccc3c2sc2ccccc23)B2c3ccccc3N(c3cccc4c3sc3ccccc34)c3cc(N(c4ccccc4)c4cccc6c4sc4ccccc46)cc(c32)N5c2cccc3c2sc2ccccc23)cc1. The highest BCUT2D eigenvalue weighted by Crippen LogP contribution is 2.59. The van der Waals surface area contributed by atoms with Crippen molar-refractivity contribution in [3.05, 3.63) is 437 Å². The highest BCUT2D eigenvalue weighted by molar-refractivity contribution is 7.28. The van der Waals surface area contributed by atoms with Crippen molar-refractivity contribution in [2.45, 2.75) is 0 Å². The third-order valence-corrected chi connectivity index (χ3v) is 34.2. The van der Waals surface area contributed by atoms with Gasteiger partial charge in [0.2, 0.25) is 0 Å². The van der Waals surface area contributed by atoms with Crippen molar-refractivity contribution in [2.24, 2.45) is 0 Å². The molecule has 9 heterocycles. The van der Waals surface area contributed by atoms with Gasteiger partial charge in [-0.15, -0.1) is 56.7 Å². The predicted molar refractivity (Wildman–Crippen MR) is 579 cm³/mol. The molecule has 13 heteroatoms. The van der Waals surface area contributed by atoms with E-state index in [0.29, 0.717) is 0 Å². The fraction of sp³-hybridized carbons (Fsp3) is 0. The van der Waals surface area contributed by atoms with Gasteiger partial charge in [0.05, 0.1) is 69.0 Å². The molecular formula is C120H72B2N6S5. The van der Waals surface area contributed by atoms with E-state index in [4.69, 9.17) is 0 Å². The monoisotopic (exact) mass is 1780 g/mol. The van der Waals surface area contributed by atoms with Gasteiger partial charge in [0.1, 0.15) is 0 Å². The molecule has 0 radical (unpaired) electrons. The number of benzene rings is 20. The summed E-state index contributed by atoms with van der Waals surface area (Å²) in [5.41, 5.74) is 31.7. The van der Waals surface area contributed by atoms with Crippen LogP contribution in [-0.2, 0) is 0 Å². The summed E-state index contributed by atoms with van der Waals surface area (Å²) in [7, 11) is 0. The van der Waals surface area contributed by atoms with Crippen LogP contribution < -0.4 is 62.2 Å². The second-order valence-electron chi connectivity index (χ2n) is 35.1. The average Bonchev–Trinajstić information content (AvgIpc) is 1.37. The molecule has 0 bridgehead atoms. The van der Waals surface area contributed by atoms with Gasteiger partial charge in [-0.1, -0.05) is 309 Å². The lowest BCUT2D eigenvalue weighted by Gasteiger charge is -2.48. The Morgan fingerprint density at radius 2 is 0.459 bits per heavy atom. The second-order valence-corrected chi connectivity index (χ2v) is 40.4. The molecule has 0 spiro atoms. The van der Waals surface area contributed by atoms with Crippen molar-refractivity contribution >= 4 is 306 Å². The molecule has 25 aromatic rings. The molecule has 618 valence electrons. The normalized spacial score (nSPS) is 13.0. The summed E-state index contributed by atoms with van der Waals surface area (Å²) < 4.78 is 12.4. The molecule has 4 aliphatic rings. The molecule has 5 aromatic heterocycles. The van der Waals surface area contributed by atoms with Crippen molar-refractivity contribution in [2.75, 3.05) is 29.4 Å². The number of para-hydroxylation sites is 5. The summed E-state index contributed by atoms with van der Waals surface area (Å²) in [6.45, 7) is -0.637. The van der Waals surface area contributed by atoms with Crippen LogP contribution in [0.25, 0.3) is 123 Å². The number of hydrogen-bond donors (Lipinski definition) is 0. The van der Waals surface area contributed by atoms with E-state index >= 15 is 0 Å². The summed E-state index contributed by atoms with van der Waals surface area (Å²) in [4.78, 5) is 16.0. The van der Waals surface area contributed by atoms with Gasteiger partial charge in [0.15, 0.2) is 0 Å². The first-order valence-corrected chi connectivity index (χ1v) is 49.5. The van der Waals surface area contributed by atoms with E-state index in [1.54, 1.807) is 0 Å². The highest BCUT2D eigenvalue weighted by Gasteiger charge is 2.50. The van der Waals surface area contributed by atoms with Crippen molar-refractivity contribution in [1.29, 1.82) is 0 Å². The van der Waals surface area contributed by atoms with Gasteiger partial charge in [-0.2, -0.15) is 0 Å². The standard InChI is InChI=1S/C120H72B2N6S5/c1-5-33-73(34-6-1)79-46-27-47-80(74-35-7-2-8-36-74)115(79)124(76-39-11-4-12-40-76)78-69-105-114-107(70-78)128(101-61-32-52-90-85-45-17-26-66-112(85)133-120(90)101)103-72-102-93(71-94(103)122(114)92-54-19-21-56-96(92)126(105)99-59-30-50-88-83-43-15-24-64-110(83)131-118(88)99)121-91-53-18-20-55-95(91)125(98-58-29-49-87-82-42-14-23-63-109(82)130-117(87)98)104-67-77(68-106(113(104)121)127(102)100-60-31-51-89-84-44-16-25-65-111(84)132-119(89)100)123(75-37-9-3-10-38-75)97-57-28-48-86-81-41-13-22-62-108(81)129-116(86)97/h1-72H. The molecule has 0 atom stereocenters. The molecule has 29 rings (SSSR count). The van der Waals surface area contributed by atoms with Crippen LogP contribution in [0, 0.1) is 0 Å². The molecular weight excluding hydrogens is 1710 g/mol. The van der Waals surface area contributed by atoms with Crippen LogP contribution in [0.15, 0.2) is 437 Å². The molecule has 0 N–H and O–H groups in total. The number of thiophene rings is 5. The zero-order chi connectivity index (χ0) is 86.8. The largest absolute Gasteiger partial charge is 0.310 e. The Kier molecular flexibility index (Phi) is 16.7. The van der Waals surface area contributed by atoms with Crippen molar-refractivity contribution in [3.8, 4) is 22.3 Å². The lowest BCUT2D eigenvalue weighted by atomic mass is 9.30. The van der Waals surface area contributed by atoms with Gasteiger partial charge in [-0.05, 0) is 171 Å². The summed E-state index contributed by atoms with van der Waals surface area (Å²) in [5, 5.41) is 12.4. The smallest absolute Gasteiger partial charge is 0.252 e. The van der Waals surface area contributed by atoms with Crippen LogP contribution in [0.1, 0.15) is 0 Å². The van der Waals surface area contributed by atoms with Gasteiger partial charge in [-0.25, -0.2) is 0 Å². The van der Waals surface area contributed by atoms with E-state index in [0.717, 1.165) is 125 Å². The third-order valence-electron chi connectivity index (χ3n) is 28.1. The van der Waals surface area contributed by atoms with Gasteiger partial charge in [0, 0.05) is 145 Å². The maximum Gasteiger partial charge on any atom is 0.252 e. The van der Waals surface area contributed by atoms with Crippen LogP contribution in [0.4, 0.5) is 102 Å². The third kappa shape index (κ3) is 11.2. The van der Waals surface area contributed by atoms with E-state index in [9.17, 15) is 0 Å². The highest BCUT2D eigenvalue weighted by atomic mass is 32.1. The Labute approximate surface area is 787 Å². The maximum absolute atomic E-state index is 2.75. The van der Waals surface area contributed by atoms with Crippen LogP contribution in [-0.4, -0.2) is 13.4 Å². The maximum atomic E-state index is 2.75. The first kappa shape index (κ1) is 75.3. The van der Waals surface area contributed by atoms with E-state index < -0.39 is 0 Å². The van der Waals surface area contributed by atoms with Crippen molar-refractivity contribution < 1.29 is 0 Å². The Balaban J connectivity index is 0.782. The molecule has 133 heavy (non-hydrogen) atoms. The lowest BCUT2D eigenvalue weighted by Crippen LogP contribution is -2.65. The predicted octanol–water partition coefficient (Wildman–Crippen LogP) is 32.0. The van der Waals surface area contributed by atoms with E-state index in [-0.39, 0.29) is 13.4 Å². The number of hydrogen-bond acceptors (Lipinski definition) is 11. The van der Waals surface area contributed by atoms with Crippen molar-refractivity contribution in [1.82, 2.24) is 0 Å². The molecule has 0 unspecified atom stereocenters. The van der Waals surface area contributed by atoms with E-state index in [1.165, 1.54) is 134 Å². The number of rotatable bonds is 12. The average molecular weight is 1780 g/mol. The fourth-order valence-corrected chi connectivity index (χ4v) is 28.7.